The molecule has 0 saturated heterocycles. The summed E-state index contributed by atoms with van der Waals surface area (Å²) in [5, 5.41) is 1.24. The molecule has 7 heteroatoms. The van der Waals surface area contributed by atoms with Gasteiger partial charge in [-0.15, -0.1) is 0 Å². The van der Waals surface area contributed by atoms with Crippen molar-refractivity contribution < 1.29 is 9.47 Å². The predicted molar refractivity (Wildman–Crippen MR) is 98.5 cm³/mol. The Balaban J connectivity index is 1.63. The lowest BCUT2D eigenvalue weighted by atomic mass is 10.2. The second kappa shape index (κ2) is 8.55. The van der Waals surface area contributed by atoms with Gasteiger partial charge in [0.25, 0.3) is 0 Å². The highest BCUT2D eigenvalue weighted by Gasteiger charge is 2.05. The number of hydrogen-bond acceptors (Lipinski definition) is 4. The van der Waals surface area contributed by atoms with Gasteiger partial charge in [0.2, 0.25) is 5.88 Å². The van der Waals surface area contributed by atoms with Crippen molar-refractivity contribution in [2.24, 2.45) is 0 Å². The van der Waals surface area contributed by atoms with Crippen LogP contribution in [0.4, 0.5) is 0 Å². The van der Waals surface area contributed by atoms with E-state index in [0.717, 1.165) is 5.56 Å². The third-order valence-electron chi connectivity index (χ3n) is 3.21. The number of hydrogen-bond donors (Lipinski definition) is 0. The first kappa shape index (κ1) is 17.3. The summed E-state index contributed by atoms with van der Waals surface area (Å²) in [6.45, 7) is 0.705. The Bertz CT molecular complexity index is 817. The van der Waals surface area contributed by atoms with Crippen LogP contribution in [0.25, 0.3) is 12.0 Å². The number of imidazole rings is 1. The zero-order chi connectivity index (χ0) is 17.5. The van der Waals surface area contributed by atoms with E-state index in [0.29, 0.717) is 34.9 Å². The number of halogens is 2. The van der Waals surface area contributed by atoms with Crippen LogP contribution in [0.2, 0.25) is 10.0 Å². The lowest BCUT2D eigenvalue weighted by Crippen LogP contribution is -2.07. The molecule has 2 aromatic heterocycles. The van der Waals surface area contributed by atoms with Gasteiger partial charge in [-0.3, -0.25) is 0 Å². The van der Waals surface area contributed by atoms with E-state index in [1.54, 1.807) is 24.7 Å². The Labute approximate surface area is 155 Å². The number of aromatic nitrogens is 3. The molecule has 128 valence electrons. The largest absolute Gasteiger partial charge is 0.488 e. The molecule has 5 nitrogen and oxygen atoms in total. The maximum absolute atomic E-state index is 5.95. The highest BCUT2D eigenvalue weighted by molar-refractivity contribution is 6.30. The summed E-state index contributed by atoms with van der Waals surface area (Å²) in [5.74, 6) is 1.18. The summed E-state index contributed by atoms with van der Waals surface area (Å²) < 4.78 is 13.2. The molecule has 0 bridgehead atoms. The van der Waals surface area contributed by atoms with Gasteiger partial charge in [0.05, 0.1) is 17.5 Å². The molecule has 0 unspecified atom stereocenters. The van der Waals surface area contributed by atoms with E-state index in [1.807, 2.05) is 41.2 Å². The van der Waals surface area contributed by atoms with Crippen molar-refractivity contribution in [1.82, 2.24) is 14.5 Å². The van der Waals surface area contributed by atoms with Crippen molar-refractivity contribution in [2.45, 2.75) is 0 Å². The zero-order valence-electron chi connectivity index (χ0n) is 13.2. The van der Waals surface area contributed by atoms with Crippen LogP contribution in [0.3, 0.4) is 0 Å². The normalized spacial score (nSPS) is 11.4. The fourth-order valence-electron chi connectivity index (χ4n) is 2.04. The van der Waals surface area contributed by atoms with Crippen LogP contribution < -0.4 is 4.74 Å². The van der Waals surface area contributed by atoms with Gasteiger partial charge in [0, 0.05) is 35.2 Å². The second-order valence-electron chi connectivity index (χ2n) is 5.02. The fraction of sp³-hybridized carbons (Fsp3) is 0.111. The van der Waals surface area contributed by atoms with E-state index >= 15 is 0 Å². The number of benzene rings is 1. The van der Waals surface area contributed by atoms with Gasteiger partial charge in [0.1, 0.15) is 19.0 Å². The van der Waals surface area contributed by atoms with Crippen molar-refractivity contribution in [3.8, 4) is 5.88 Å². The van der Waals surface area contributed by atoms with Gasteiger partial charge in [-0.1, -0.05) is 23.2 Å². The summed E-state index contributed by atoms with van der Waals surface area (Å²) in [5.41, 5.74) is 0.905. The van der Waals surface area contributed by atoms with Crippen molar-refractivity contribution >= 4 is 35.2 Å². The molecule has 0 radical (unpaired) electrons. The maximum Gasteiger partial charge on any atom is 0.213 e. The van der Waals surface area contributed by atoms with Crippen molar-refractivity contribution in [3.05, 3.63) is 76.9 Å². The van der Waals surface area contributed by atoms with Crippen LogP contribution in [0.15, 0.2) is 61.3 Å². The molecular weight excluding hydrogens is 361 g/mol. The minimum absolute atomic E-state index is 0.351. The molecule has 0 spiro atoms. The van der Waals surface area contributed by atoms with Crippen molar-refractivity contribution in [3.63, 3.8) is 0 Å². The summed E-state index contributed by atoms with van der Waals surface area (Å²) in [6.07, 6.45) is 8.60. The highest BCUT2D eigenvalue weighted by Crippen LogP contribution is 2.20. The Morgan fingerprint density at radius 3 is 2.52 bits per heavy atom. The van der Waals surface area contributed by atoms with Gasteiger partial charge in [0.15, 0.2) is 0 Å². The molecule has 1 aromatic carbocycles. The van der Waals surface area contributed by atoms with E-state index in [2.05, 4.69) is 9.97 Å². The molecule has 3 aromatic rings. The second-order valence-corrected chi connectivity index (χ2v) is 5.89. The van der Waals surface area contributed by atoms with Gasteiger partial charge in [-0.05, 0) is 30.3 Å². The molecule has 0 saturated carbocycles. The number of rotatable bonds is 7. The van der Waals surface area contributed by atoms with E-state index < -0.39 is 0 Å². The molecule has 0 aliphatic heterocycles. The standard InChI is InChI=1S/C18H15Cl2N3O2/c19-15-3-1-14(2-4-15)17(12-23-8-7-21-13-23)24-9-10-25-18-6-5-16(20)11-22-18/h1-8,11-13H,9-10H2. The Kier molecular flexibility index (Phi) is 5.93. The molecular formula is C18H15Cl2N3O2. The molecule has 0 aliphatic rings. The van der Waals surface area contributed by atoms with Crippen LogP contribution in [-0.2, 0) is 4.74 Å². The van der Waals surface area contributed by atoms with Crippen LogP contribution in [-0.4, -0.2) is 27.7 Å². The topological polar surface area (TPSA) is 49.2 Å². The van der Waals surface area contributed by atoms with Crippen molar-refractivity contribution in [1.29, 1.82) is 0 Å². The minimum atomic E-state index is 0.351. The molecule has 2 heterocycles. The molecule has 0 N–H and O–H groups in total. The lowest BCUT2D eigenvalue weighted by Gasteiger charge is -2.12. The number of nitrogens with zero attached hydrogens (tertiary/aromatic N) is 3. The van der Waals surface area contributed by atoms with Crippen LogP contribution >= 0.6 is 23.2 Å². The Morgan fingerprint density at radius 2 is 1.84 bits per heavy atom. The third kappa shape index (κ3) is 5.24. The molecule has 25 heavy (non-hydrogen) atoms. The first-order chi connectivity index (χ1) is 12.2. The number of ether oxygens (including phenoxy) is 2. The average Bonchev–Trinajstić information content (AvgIpc) is 3.13. The maximum atomic E-state index is 5.95. The van der Waals surface area contributed by atoms with Crippen LogP contribution in [0.1, 0.15) is 5.56 Å². The molecule has 0 aliphatic carbocycles. The first-order valence-electron chi connectivity index (χ1n) is 7.53. The highest BCUT2D eigenvalue weighted by atomic mass is 35.5. The van der Waals surface area contributed by atoms with E-state index in [4.69, 9.17) is 32.7 Å². The quantitative estimate of drug-likeness (QED) is 0.445. The van der Waals surface area contributed by atoms with E-state index in [1.165, 1.54) is 6.20 Å². The first-order valence-corrected chi connectivity index (χ1v) is 8.29. The Hall–Kier alpha value is -2.50. The van der Waals surface area contributed by atoms with Gasteiger partial charge in [-0.25, -0.2) is 9.97 Å². The lowest BCUT2D eigenvalue weighted by molar-refractivity contribution is 0.191. The number of pyridine rings is 1. The molecule has 0 fully saturated rings. The predicted octanol–water partition coefficient (Wildman–Crippen LogP) is 4.64. The minimum Gasteiger partial charge on any atom is -0.488 e. The van der Waals surface area contributed by atoms with E-state index in [-0.39, 0.29) is 0 Å². The zero-order valence-corrected chi connectivity index (χ0v) is 14.7. The fourth-order valence-corrected chi connectivity index (χ4v) is 2.27. The smallest absolute Gasteiger partial charge is 0.213 e. The van der Waals surface area contributed by atoms with Gasteiger partial charge >= 0.3 is 0 Å². The van der Waals surface area contributed by atoms with Gasteiger partial charge < -0.3 is 14.0 Å². The average molecular weight is 376 g/mol. The SMILES string of the molecule is Clc1ccc(C(=Cn2ccnc2)OCCOc2ccc(Cl)cn2)cc1. The summed E-state index contributed by atoms with van der Waals surface area (Å²) in [6, 6.07) is 10.9. The molecule has 0 amide bonds. The third-order valence-corrected chi connectivity index (χ3v) is 3.69. The van der Waals surface area contributed by atoms with Gasteiger partial charge in [-0.2, -0.15) is 0 Å². The summed E-state index contributed by atoms with van der Waals surface area (Å²) in [4.78, 5) is 8.10. The van der Waals surface area contributed by atoms with Crippen molar-refractivity contribution in [2.75, 3.05) is 13.2 Å². The molecule has 0 atom stereocenters. The Morgan fingerprint density at radius 1 is 1.04 bits per heavy atom. The van der Waals surface area contributed by atoms with Crippen LogP contribution in [0, 0.1) is 0 Å². The van der Waals surface area contributed by atoms with E-state index in [9.17, 15) is 0 Å². The molecule has 3 rings (SSSR count). The van der Waals surface area contributed by atoms with Crippen LogP contribution in [0.5, 0.6) is 5.88 Å². The monoisotopic (exact) mass is 375 g/mol. The summed E-state index contributed by atoms with van der Waals surface area (Å²) in [7, 11) is 0. The summed E-state index contributed by atoms with van der Waals surface area (Å²) >= 11 is 11.7.